The Morgan fingerprint density at radius 2 is 1.81 bits per heavy atom. The molecule has 1 aromatic heterocycles. The Morgan fingerprint density at radius 1 is 1.07 bits per heavy atom. The van der Waals surface area contributed by atoms with Gasteiger partial charge in [-0.15, -0.1) is 0 Å². The number of esters is 1. The summed E-state index contributed by atoms with van der Waals surface area (Å²) in [5, 5.41) is 0. The van der Waals surface area contributed by atoms with Gasteiger partial charge in [-0.25, -0.2) is 4.79 Å². The van der Waals surface area contributed by atoms with E-state index in [-0.39, 0.29) is 18.9 Å². The van der Waals surface area contributed by atoms with E-state index in [1.54, 1.807) is 36.4 Å². The van der Waals surface area contributed by atoms with Crippen LogP contribution in [0.15, 0.2) is 57.7 Å². The van der Waals surface area contributed by atoms with Gasteiger partial charge in [0.05, 0.1) is 5.52 Å². The Hall–Kier alpha value is -3.15. The lowest BCUT2D eigenvalue weighted by Gasteiger charge is -2.06. The van der Waals surface area contributed by atoms with Crippen molar-refractivity contribution in [2.24, 2.45) is 0 Å². The average molecular weight is 367 g/mol. The highest BCUT2D eigenvalue weighted by atomic mass is 16.5. The minimum Gasteiger partial charge on any atom is -0.456 e. The van der Waals surface area contributed by atoms with Crippen LogP contribution in [-0.2, 0) is 22.5 Å². The van der Waals surface area contributed by atoms with Crippen molar-refractivity contribution in [3.05, 3.63) is 70.2 Å². The van der Waals surface area contributed by atoms with Gasteiger partial charge < -0.3 is 9.15 Å². The van der Waals surface area contributed by atoms with Crippen molar-refractivity contribution >= 4 is 22.9 Å². The second-order valence-corrected chi connectivity index (χ2v) is 6.31. The number of rotatable bonds is 8. The van der Waals surface area contributed by atoms with Crippen LogP contribution in [0, 0.1) is 0 Å². The van der Waals surface area contributed by atoms with Gasteiger partial charge in [-0.1, -0.05) is 49.7 Å². The number of oxazole rings is 1. The quantitative estimate of drug-likeness (QED) is 0.451. The molecule has 0 saturated carbocycles. The zero-order valence-corrected chi connectivity index (χ0v) is 15.1. The van der Waals surface area contributed by atoms with Crippen LogP contribution in [0.25, 0.3) is 11.1 Å². The van der Waals surface area contributed by atoms with Crippen LogP contribution in [0.2, 0.25) is 0 Å². The van der Waals surface area contributed by atoms with Crippen molar-refractivity contribution in [2.45, 2.75) is 32.7 Å². The van der Waals surface area contributed by atoms with Gasteiger partial charge in [0.15, 0.2) is 18.0 Å². The third-order valence-electron chi connectivity index (χ3n) is 4.32. The fourth-order valence-corrected chi connectivity index (χ4v) is 2.81. The summed E-state index contributed by atoms with van der Waals surface area (Å²) in [6.45, 7) is 1.46. The second-order valence-electron chi connectivity index (χ2n) is 6.31. The molecule has 0 aliphatic heterocycles. The molecule has 0 unspecified atom stereocenters. The first-order chi connectivity index (χ1) is 13.1. The molecule has 0 radical (unpaired) electrons. The minimum absolute atomic E-state index is 0.283. The van der Waals surface area contributed by atoms with E-state index in [1.807, 2.05) is 12.1 Å². The molecule has 0 N–H and O–H groups in total. The highest BCUT2D eigenvalue weighted by Gasteiger charge is 2.15. The SMILES string of the molecule is CCCCc1ccc(C(=O)COC(=O)Cn2c(=O)oc3ccccc32)cc1. The molecule has 0 aliphatic rings. The molecular formula is C21H21NO5. The van der Waals surface area contributed by atoms with Crippen molar-refractivity contribution in [3.8, 4) is 0 Å². The van der Waals surface area contributed by atoms with E-state index in [0.717, 1.165) is 19.3 Å². The molecule has 6 heteroatoms. The number of fused-ring (bicyclic) bond motifs is 1. The lowest BCUT2D eigenvalue weighted by atomic mass is 10.0. The van der Waals surface area contributed by atoms with Crippen LogP contribution < -0.4 is 5.76 Å². The molecule has 1 heterocycles. The Balaban J connectivity index is 1.57. The van der Waals surface area contributed by atoms with Crippen molar-refractivity contribution in [1.82, 2.24) is 4.57 Å². The first-order valence-corrected chi connectivity index (χ1v) is 8.94. The lowest BCUT2D eigenvalue weighted by Crippen LogP contribution is -2.23. The van der Waals surface area contributed by atoms with E-state index in [1.165, 1.54) is 10.1 Å². The number of hydrogen-bond acceptors (Lipinski definition) is 5. The zero-order chi connectivity index (χ0) is 19.2. The molecular weight excluding hydrogens is 346 g/mol. The number of aryl methyl sites for hydroxylation is 1. The van der Waals surface area contributed by atoms with Gasteiger partial charge in [-0.05, 0) is 30.5 Å². The summed E-state index contributed by atoms with van der Waals surface area (Å²) in [7, 11) is 0. The molecule has 0 bridgehead atoms. The number of para-hydroxylation sites is 2. The summed E-state index contributed by atoms with van der Waals surface area (Å²) in [5.74, 6) is -1.59. The van der Waals surface area contributed by atoms with Crippen molar-refractivity contribution in [2.75, 3.05) is 6.61 Å². The van der Waals surface area contributed by atoms with Crippen LogP contribution in [-0.4, -0.2) is 22.9 Å². The topological polar surface area (TPSA) is 78.5 Å². The van der Waals surface area contributed by atoms with Gasteiger partial charge in [0.2, 0.25) is 0 Å². The van der Waals surface area contributed by atoms with Crippen molar-refractivity contribution in [3.63, 3.8) is 0 Å². The van der Waals surface area contributed by atoms with Crippen LogP contribution >= 0.6 is 0 Å². The van der Waals surface area contributed by atoms with E-state index in [4.69, 9.17) is 9.15 Å². The summed E-state index contributed by atoms with van der Waals surface area (Å²) in [6.07, 6.45) is 3.20. The molecule has 6 nitrogen and oxygen atoms in total. The van der Waals surface area contributed by atoms with E-state index in [0.29, 0.717) is 16.7 Å². The maximum atomic E-state index is 12.2. The first-order valence-electron chi connectivity index (χ1n) is 8.94. The number of carbonyl (C=O) groups excluding carboxylic acids is 2. The average Bonchev–Trinajstić information content (AvgIpc) is 3.00. The normalized spacial score (nSPS) is 10.9. The Labute approximate surface area is 156 Å². The molecule has 0 atom stereocenters. The first kappa shape index (κ1) is 18.6. The van der Waals surface area contributed by atoms with Gasteiger partial charge in [-0.2, -0.15) is 0 Å². The van der Waals surface area contributed by atoms with Gasteiger partial charge in [0.25, 0.3) is 0 Å². The van der Waals surface area contributed by atoms with Crippen LogP contribution in [0.1, 0.15) is 35.7 Å². The maximum absolute atomic E-state index is 12.2. The summed E-state index contributed by atoms with van der Waals surface area (Å²) in [6, 6.07) is 14.1. The molecule has 0 saturated heterocycles. The molecule has 0 amide bonds. The van der Waals surface area contributed by atoms with Crippen LogP contribution in [0.4, 0.5) is 0 Å². The van der Waals surface area contributed by atoms with Gasteiger partial charge >= 0.3 is 11.7 Å². The van der Waals surface area contributed by atoms with Crippen molar-refractivity contribution in [1.29, 1.82) is 0 Å². The fourth-order valence-electron chi connectivity index (χ4n) is 2.81. The number of nitrogens with zero attached hydrogens (tertiary/aromatic N) is 1. The smallest absolute Gasteiger partial charge is 0.420 e. The number of ketones is 1. The fraction of sp³-hybridized carbons (Fsp3) is 0.286. The third kappa shape index (κ3) is 4.53. The number of aromatic nitrogens is 1. The standard InChI is InChI=1S/C21H21NO5/c1-2-3-6-15-9-11-16(12-10-15)18(23)14-26-20(24)13-22-17-7-4-5-8-19(17)27-21(22)25/h4-5,7-12H,2-3,6,13-14H2,1H3. The molecule has 0 fully saturated rings. The highest BCUT2D eigenvalue weighted by Crippen LogP contribution is 2.12. The molecule has 2 aromatic carbocycles. The summed E-state index contributed by atoms with van der Waals surface area (Å²) < 4.78 is 11.3. The lowest BCUT2D eigenvalue weighted by molar-refractivity contribution is -0.143. The number of benzene rings is 2. The Bertz CT molecular complexity index is 997. The summed E-state index contributed by atoms with van der Waals surface area (Å²) >= 11 is 0. The van der Waals surface area contributed by atoms with E-state index < -0.39 is 11.7 Å². The van der Waals surface area contributed by atoms with Crippen molar-refractivity contribution < 1.29 is 18.7 Å². The van der Waals surface area contributed by atoms with E-state index in [9.17, 15) is 14.4 Å². The minimum atomic E-state index is -0.670. The highest BCUT2D eigenvalue weighted by molar-refractivity contribution is 5.98. The third-order valence-corrected chi connectivity index (χ3v) is 4.32. The number of ether oxygens (including phenoxy) is 1. The van der Waals surface area contributed by atoms with Crippen LogP contribution in [0.3, 0.4) is 0 Å². The molecule has 0 spiro atoms. The molecule has 3 aromatic rings. The number of unbranched alkanes of at least 4 members (excludes halogenated alkanes) is 1. The molecule has 140 valence electrons. The number of hydrogen-bond donors (Lipinski definition) is 0. The predicted molar refractivity (Wildman–Crippen MR) is 101 cm³/mol. The number of Topliss-reactive ketones (excluding diaryl/α,β-unsaturated/α-hetero) is 1. The van der Waals surface area contributed by atoms with Crippen LogP contribution in [0.5, 0.6) is 0 Å². The largest absolute Gasteiger partial charge is 0.456 e. The Morgan fingerprint density at radius 3 is 2.56 bits per heavy atom. The van der Waals surface area contributed by atoms with Gasteiger partial charge in [-0.3, -0.25) is 14.2 Å². The van der Waals surface area contributed by atoms with E-state index in [2.05, 4.69) is 6.92 Å². The van der Waals surface area contributed by atoms with Gasteiger partial charge in [0.1, 0.15) is 6.54 Å². The second kappa shape index (κ2) is 8.49. The Kier molecular flexibility index (Phi) is 5.86. The maximum Gasteiger partial charge on any atom is 0.420 e. The summed E-state index contributed by atoms with van der Waals surface area (Å²) in [4.78, 5) is 36.1. The zero-order valence-electron chi connectivity index (χ0n) is 15.1. The molecule has 0 aliphatic carbocycles. The van der Waals surface area contributed by atoms with Gasteiger partial charge in [0, 0.05) is 5.56 Å². The predicted octanol–water partition coefficient (Wildman–Crippen LogP) is 3.36. The van der Waals surface area contributed by atoms with E-state index >= 15 is 0 Å². The molecule has 27 heavy (non-hydrogen) atoms. The monoisotopic (exact) mass is 367 g/mol. The number of carbonyl (C=O) groups is 2. The molecule has 3 rings (SSSR count). The summed E-state index contributed by atoms with van der Waals surface area (Å²) in [5.41, 5.74) is 2.58.